The Kier molecular flexibility index (Phi) is 4.29. The summed E-state index contributed by atoms with van der Waals surface area (Å²) in [7, 11) is 0. The number of fused-ring (bicyclic) bond motifs is 3. The van der Waals surface area contributed by atoms with E-state index >= 15 is 0 Å². The molecule has 1 aliphatic heterocycles. The van der Waals surface area contributed by atoms with Crippen LogP contribution in [-0.4, -0.2) is 31.8 Å². The number of carbonyl (C=O) groups is 1. The molecule has 0 bridgehead atoms. The van der Waals surface area contributed by atoms with Gasteiger partial charge in [-0.15, -0.1) is 0 Å². The average molecular weight is 388 g/mol. The second-order valence-electron chi connectivity index (χ2n) is 6.60. The SMILES string of the molecule is C=Cc1cc2c(cn1)nc1n2C[C@H](NC(=O)O)[C@@H](c2cc(F)c(F)cc2F)C1. The molecule has 0 saturated carbocycles. The van der Waals surface area contributed by atoms with E-state index in [1.807, 2.05) is 4.57 Å². The molecule has 2 N–H and O–H groups in total. The molecule has 0 spiro atoms. The molecule has 1 aliphatic rings. The van der Waals surface area contributed by atoms with Gasteiger partial charge in [-0.2, -0.15) is 0 Å². The smallest absolute Gasteiger partial charge is 0.404 e. The molecule has 1 amide bonds. The lowest BCUT2D eigenvalue weighted by Gasteiger charge is -2.33. The zero-order valence-corrected chi connectivity index (χ0v) is 14.5. The maximum absolute atomic E-state index is 14.4. The van der Waals surface area contributed by atoms with Crippen LogP contribution in [0.4, 0.5) is 18.0 Å². The Morgan fingerprint density at radius 2 is 2.00 bits per heavy atom. The number of nitrogens with one attached hydrogen (secondary N) is 1. The topological polar surface area (TPSA) is 80.0 Å². The molecule has 1 aromatic carbocycles. The minimum absolute atomic E-state index is 0.0964. The number of hydrogen-bond donors (Lipinski definition) is 2. The van der Waals surface area contributed by atoms with Crippen molar-refractivity contribution >= 4 is 23.2 Å². The van der Waals surface area contributed by atoms with Crippen molar-refractivity contribution in [3.8, 4) is 0 Å². The summed E-state index contributed by atoms with van der Waals surface area (Å²) in [5.41, 5.74) is 1.87. The van der Waals surface area contributed by atoms with Crippen LogP contribution in [0.3, 0.4) is 0 Å². The van der Waals surface area contributed by atoms with Gasteiger partial charge in [-0.3, -0.25) is 4.98 Å². The largest absolute Gasteiger partial charge is 0.465 e. The quantitative estimate of drug-likeness (QED) is 0.674. The molecule has 6 nitrogen and oxygen atoms in total. The lowest BCUT2D eigenvalue weighted by molar-refractivity contribution is 0.183. The predicted molar refractivity (Wildman–Crippen MR) is 95.3 cm³/mol. The fraction of sp³-hybridized carbons (Fsp3) is 0.211. The zero-order valence-electron chi connectivity index (χ0n) is 14.5. The van der Waals surface area contributed by atoms with Gasteiger partial charge in [0.05, 0.1) is 23.4 Å². The second kappa shape index (κ2) is 6.66. The number of carboxylic acid groups (broad SMARTS) is 1. The summed E-state index contributed by atoms with van der Waals surface area (Å²) >= 11 is 0. The number of imidazole rings is 1. The summed E-state index contributed by atoms with van der Waals surface area (Å²) in [6.07, 6.45) is 2.00. The fourth-order valence-electron chi connectivity index (χ4n) is 3.68. The van der Waals surface area contributed by atoms with Crippen LogP contribution in [0.25, 0.3) is 17.1 Å². The molecule has 0 aliphatic carbocycles. The van der Waals surface area contributed by atoms with Crippen LogP contribution in [-0.2, 0) is 13.0 Å². The molecule has 0 fully saturated rings. The molecule has 2 aromatic heterocycles. The van der Waals surface area contributed by atoms with E-state index in [0.29, 0.717) is 23.1 Å². The van der Waals surface area contributed by atoms with Crippen LogP contribution in [0.2, 0.25) is 0 Å². The monoisotopic (exact) mass is 388 g/mol. The van der Waals surface area contributed by atoms with Crippen LogP contribution in [0.5, 0.6) is 0 Å². The van der Waals surface area contributed by atoms with E-state index in [-0.39, 0.29) is 18.5 Å². The molecule has 3 aromatic rings. The van der Waals surface area contributed by atoms with Crippen molar-refractivity contribution in [2.75, 3.05) is 0 Å². The van der Waals surface area contributed by atoms with Crippen LogP contribution in [0.15, 0.2) is 31.0 Å². The third-order valence-electron chi connectivity index (χ3n) is 4.96. The predicted octanol–water partition coefficient (Wildman–Crippen LogP) is 3.47. The summed E-state index contributed by atoms with van der Waals surface area (Å²) in [6, 6.07) is 2.26. The summed E-state index contributed by atoms with van der Waals surface area (Å²) in [5, 5.41) is 11.6. The number of halogens is 3. The van der Waals surface area contributed by atoms with E-state index in [1.54, 1.807) is 18.3 Å². The molecular formula is C19H15F3N4O2. The summed E-state index contributed by atoms with van der Waals surface area (Å²) in [6.45, 7) is 3.83. The highest BCUT2D eigenvalue weighted by molar-refractivity contribution is 5.77. The number of nitrogens with zero attached hydrogens (tertiary/aromatic N) is 3. The Morgan fingerprint density at radius 1 is 1.25 bits per heavy atom. The van der Waals surface area contributed by atoms with Gasteiger partial charge >= 0.3 is 6.09 Å². The van der Waals surface area contributed by atoms with Gasteiger partial charge in [-0.25, -0.2) is 22.9 Å². The lowest BCUT2D eigenvalue weighted by Crippen LogP contribution is -2.45. The lowest BCUT2D eigenvalue weighted by atomic mass is 9.85. The molecule has 9 heteroatoms. The Hall–Kier alpha value is -3.36. The highest BCUT2D eigenvalue weighted by atomic mass is 19.2. The Balaban J connectivity index is 1.83. The molecule has 0 saturated heterocycles. The van der Waals surface area contributed by atoms with Crippen LogP contribution in [0, 0.1) is 17.5 Å². The molecule has 4 rings (SSSR count). The number of amides is 1. The minimum atomic E-state index is -1.30. The minimum Gasteiger partial charge on any atom is -0.465 e. The van der Waals surface area contributed by atoms with E-state index in [0.717, 1.165) is 11.6 Å². The molecule has 144 valence electrons. The first-order chi connectivity index (χ1) is 13.4. The molecule has 28 heavy (non-hydrogen) atoms. The standard InChI is InChI=1S/C19H15F3N4O2/c1-2-9-3-17-15(7-23-9)24-18-5-11(16(8-26(17)18)25-19(27)28)10-4-13(21)14(22)6-12(10)20/h2-4,6-7,11,16,25H,1,5,8H2,(H,27,28)/t11-,16+/m1/s1. The van der Waals surface area contributed by atoms with Crippen molar-refractivity contribution in [2.45, 2.75) is 24.9 Å². The molecular weight excluding hydrogens is 373 g/mol. The van der Waals surface area contributed by atoms with Gasteiger partial charge in [0.25, 0.3) is 0 Å². The van der Waals surface area contributed by atoms with E-state index in [2.05, 4.69) is 21.9 Å². The van der Waals surface area contributed by atoms with Gasteiger partial charge < -0.3 is 15.0 Å². The van der Waals surface area contributed by atoms with Crippen LogP contribution < -0.4 is 5.32 Å². The fourth-order valence-corrected chi connectivity index (χ4v) is 3.68. The number of pyridine rings is 1. The van der Waals surface area contributed by atoms with Crippen molar-refractivity contribution in [1.29, 1.82) is 0 Å². The van der Waals surface area contributed by atoms with Gasteiger partial charge in [0.2, 0.25) is 0 Å². The van der Waals surface area contributed by atoms with Crippen molar-refractivity contribution in [2.24, 2.45) is 0 Å². The van der Waals surface area contributed by atoms with Gasteiger partial charge in [0.15, 0.2) is 11.6 Å². The normalized spacial score (nSPS) is 18.7. The van der Waals surface area contributed by atoms with Crippen molar-refractivity contribution < 1.29 is 23.1 Å². The maximum Gasteiger partial charge on any atom is 0.404 e. The first-order valence-electron chi connectivity index (χ1n) is 8.49. The Morgan fingerprint density at radius 3 is 2.71 bits per heavy atom. The summed E-state index contributed by atoms with van der Waals surface area (Å²) in [5.74, 6) is -3.58. The van der Waals surface area contributed by atoms with Crippen molar-refractivity contribution in [3.63, 3.8) is 0 Å². The number of hydrogen-bond acceptors (Lipinski definition) is 3. The number of benzene rings is 1. The number of rotatable bonds is 3. The first kappa shape index (κ1) is 18.0. The summed E-state index contributed by atoms with van der Waals surface area (Å²) < 4.78 is 43.3. The average Bonchev–Trinajstić information content (AvgIpc) is 3.00. The maximum atomic E-state index is 14.4. The van der Waals surface area contributed by atoms with E-state index < -0.39 is 35.5 Å². The molecule has 2 atom stereocenters. The second-order valence-corrected chi connectivity index (χ2v) is 6.60. The Bertz CT molecular complexity index is 1110. The third-order valence-corrected chi connectivity index (χ3v) is 4.96. The summed E-state index contributed by atoms with van der Waals surface area (Å²) in [4.78, 5) is 20.0. The number of aromatic nitrogens is 3. The third kappa shape index (κ3) is 2.98. The highest BCUT2D eigenvalue weighted by Gasteiger charge is 2.35. The van der Waals surface area contributed by atoms with Crippen molar-refractivity contribution in [3.05, 3.63) is 65.5 Å². The van der Waals surface area contributed by atoms with Crippen LogP contribution >= 0.6 is 0 Å². The molecule has 0 radical (unpaired) electrons. The van der Waals surface area contributed by atoms with Gasteiger partial charge in [0.1, 0.15) is 17.2 Å². The zero-order chi connectivity index (χ0) is 20.0. The first-order valence-corrected chi connectivity index (χ1v) is 8.49. The Labute approximate surface area is 157 Å². The molecule has 0 unspecified atom stereocenters. The van der Waals surface area contributed by atoms with Crippen LogP contribution in [0.1, 0.15) is 23.0 Å². The molecule has 3 heterocycles. The van der Waals surface area contributed by atoms with E-state index in [9.17, 15) is 23.1 Å². The van der Waals surface area contributed by atoms with Gasteiger partial charge in [-0.05, 0) is 23.8 Å². The van der Waals surface area contributed by atoms with Gasteiger partial charge in [0, 0.05) is 24.9 Å². The van der Waals surface area contributed by atoms with Crippen molar-refractivity contribution in [1.82, 2.24) is 19.9 Å². The highest BCUT2D eigenvalue weighted by Crippen LogP contribution is 2.34. The van der Waals surface area contributed by atoms with Gasteiger partial charge in [-0.1, -0.05) is 6.58 Å². The van der Waals surface area contributed by atoms with E-state index in [1.165, 1.54) is 0 Å². The van der Waals surface area contributed by atoms with E-state index in [4.69, 9.17) is 0 Å².